The predicted octanol–water partition coefficient (Wildman–Crippen LogP) is 6.79. The van der Waals surface area contributed by atoms with Crippen molar-refractivity contribution in [1.82, 2.24) is 14.8 Å². The lowest BCUT2D eigenvalue weighted by Gasteiger charge is -1.95. The van der Waals surface area contributed by atoms with E-state index in [-0.39, 0.29) is 10.8 Å². The molecule has 0 fully saturated rings. The van der Waals surface area contributed by atoms with E-state index in [9.17, 15) is 5.11 Å². The summed E-state index contributed by atoms with van der Waals surface area (Å²) in [5, 5.41) is 33.7. The summed E-state index contributed by atoms with van der Waals surface area (Å²) in [6.45, 7) is 0. The van der Waals surface area contributed by atoms with Gasteiger partial charge in [0.1, 0.15) is 11.4 Å². The van der Waals surface area contributed by atoms with E-state index in [1.54, 1.807) is 41.4 Å². The van der Waals surface area contributed by atoms with E-state index in [4.69, 9.17) is 11.6 Å². The molecule has 4 aromatic rings. The third-order valence-corrected chi connectivity index (χ3v) is 5.58. The summed E-state index contributed by atoms with van der Waals surface area (Å²) in [5.41, 5.74) is 1.21. The molecular weight excluding hydrogens is 418 g/mol. The molecule has 3 aromatic heterocycles. The van der Waals surface area contributed by atoms with Crippen LogP contribution < -0.4 is 0 Å². The molecule has 0 aliphatic carbocycles. The molecule has 3 heterocycles. The van der Waals surface area contributed by atoms with Crippen LogP contribution in [0.1, 0.15) is 0 Å². The molecule has 140 valence electrons. The Morgan fingerprint density at radius 3 is 2.71 bits per heavy atom. The monoisotopic (exact) mass is 429 g/mol. The Kier molecular flexibility index (Phi) is 5.24. The third kappa shape index (κ3) is 3.98. The van der Waals surface area contributed by atoms with Crippen molar-refractivity contribution in [3.05, 3.63) is 53.0 Å². The molecule has 8 nitrogen and oxygen atoms in total. The van der Waals surface area contributed by atoms with Gasteiger partial charge >= 0.3 is 0 Å². The number of hydrogen-bond acceptors (Lipinski definition) is 9. The van der Waals surface area contributed by atoms with Crippen molar-refractivity contribution < 1.29 is 5.11 Å². The molecule has 0 unspecified atom stereocenters. The Labute approximate surface area is 172 Å². The molecule has 0 spiro atoms. The summed E-state index contributed by atoms with van der Waals surface area (Å²) in [5.74, 6) is 0.625. The Bertz CT molecular complexity index is 1160. The summed E-state index contributed by atoms with van der Waals surface area (Å²) < 4.78 is 1.63. The zero-order valence-corrected chi connectivity index (χ0v) is 16.8. The first-order chi connectivity index (χ1) is 13.6. The van der Waals surface area contributed by atoms with Crippen molar-refractivity contribution >= 4 is 55.9 Å². The number of azo groups is 2. The van der Waals surface area contributed by atoms with Crippen LogP contribution in [0.25, 0.3) is 10.6 Å². The van der Waals surface area contributed by atoms with Crippen LogP contribution in [-0.4, -0.2) is 19.9 Å². The molecule has 0 atom stereocenters. The van der Waals surface area contributed by atoms with Crippen molar-refractivity contribution in [2.75, 3.05) is 0 Å². The number of thiazole rings is 1. The topological polar surface area (TPSA) is 100 Å². The van der Waals surface area contributed by atoms with Gasteiger partial charge in [-0.25, -0.2) is 9.67 Å². The summed E-state index contributed by atoms with van der Waals surface area (Å²) in [4.78, 5) is 5.50. The molecule has 0 bridgehead atoms. The Morgan fingerprint density at radius 1 is 1.11 bits per heavy atom. The fourth-order valence-electron chi connectivity index (χ4n) is 2.21. The lowest BCUT2D eigenvalue weighted by atomic mass is 10.3. The number of hydrogen-bond donors (Lipinski definition) is 1. The van der Waals surface area contributed by atoms with Gasteiger partial charge in [0.15, 0.2) is 10.8 Å². The van der Waals surface area contributed by atoms with Crippen LogP contribution in [0.4, 0.5) is 21.6 Å². The Morgan fingerprint density at radius 2 is 2.00 bits per heavy atom. The second-order valence-electron chi connectivity index (χ2n) is 5.48. The quantitative estimate of drug-likeness (QED) is 0.353. The fraction of sp³-hybridized carbons (Fsp3) is 0.0588. The number of aryl methyl sites for hydroxylation is 1. The molecule has 0 aliphatic heterocycles. The fourth-order valence-corrected chi connectivity index (χ4v) is 3.89. The van der Waals surface area contributed by atoms with Crippen molar-refractivity contribution in [2.24, 2.45) is 27.5 Å². The highest BCUT2D eigenvalue weighted by atomic mass is 35.5. The zero-order valence-electron chi connectivity index (χ0n) is 14.4. The minimum atomic E-state index is -0.00675. The minimum Gasteiger partial charge on any atom is -0.506 e. The molecule has 0 saturated carbocycles. The van der Waals surface area contributed by atoms with Gasteiger partial charge in [0.25, 0.3) is 0 Å². The van der Waals surface area contributed by atoms with Crippen LogP contribution in [0.3, 0.4) is 0 Å². The van der Waals surface area contributed by atoms with Crippen LogP contribution in [-0.2, 0) is 7.05 Å². The average molecular weight is 430 g/mol. The molecule has 0 aliphatic rings. The highest BCUT2D eigenvalue weighted by Gasteiger charge is 2.14. The summed E-state index contributed by atoms with van der Waals surface area (Å²) in [6.07, 6.45) is 1.66. The first-order valence-electron chi connectivity index (χ1n) is 7.95. The minimum absolute atomic E-state index is 0.00675. The van der Waals surface area contributed by atoms with E-state index in [2.05, 4.69) is 30.5 Å². The van der Waals surface area contributed by atoms with E-state index < -0.39 is 0 Å². The van der Waals surface area contributed by atoms with Crippen LogP contribution in [0, 0.1) is 0 Å². The number of aromatic hydroxyl groups is 1. The molecule has 28 heavy (non-hydrogen) atoms. The van der Waals surface area contributed by atoms with Gasteiger partial charge in [-0.15, -0.1) is 31.8 Å². The van der Waals surface area contributed by atoms with Crippen molar-refractivity contribution in [3.8, 4) is 16.3 Å². The maximum atomic E-state index is 9.49. The molecule has 0 amide bonds. The maximum absolute atomic E-state index is 9.49. The Hall–Kier alpha value is -2.95. The second-order valence-corrected chi connectivity index (χ2v) is 7.79. The molecule has 1 aromatic carbocycles. The van der Waals surface area contributed by atoms with E-state index in [0.29, 0.717) is 27.3 Å². The standard InChI is InChI=1S/C17H12ClN7OS2/c1-25-14(6-7-19-25)22-23-16-15(13-3-2-8-27-13)20-17(28-16)24-21-10-4-5-12(26)11(18)9-10/h2-9,26H,1H3. The maximum Gasteiger partial charge on any atom is 0.232 e. The van der Waals surface area contributed by atoms with E-state index in [0.717, 1.165) is 4.88 Å². The highest BCUT2D eigenvalue weighted by Crippen LogP contribution is 2.42. The number of rotatable bonds is 5. The summed E-state index contributed by atoms with van der Waals surface area (Å²) in [6, 6.07) is 10.3. The van der Waals surface area contributed by atoms with Crippen LogP contribution >= 0.6 is 34.3 Å². The van der Waals surface area contributed by atoms with Crippen molar-refractivity contribution in [1.29, 1.82) is 0 Å². The van der Waals surface area contributed by atoms with Gasteiger partial charge in [-0.05, 0) is 29.6 Å². The largest absolute Gasteiger partial charge is 0.506 e. The number of phenolic OH excluding ortho intramolecular Hbond substituents is 1. The number of halogens is 1. The van der Waals surface area contributed by atoms with Crippen LogP contribution in [0.15, 0.2) is 68.4 Å². The van der Waals surface area contributed by atoms with E-state index in [1.165, 1.54) is 23.5 Å². The third-order valence-electron chi connectivity index (χ3n) is 3.57. The zero-order chi connectivity index (χ0) is 19.5. The number of phenols is 1. The van der Waals surface area contributed by atoms with Gasteiger partial charge in [0.05, 0.1) is 21.8 Å². The Balaban J connectivity index is 1.67. The SMILES string of the molecule is Cn1nccc1N=Nc1sc(N=Nc2ccc(O)c(Cl)c2)nc1-c1cccs1. The van der Waals surface area contributed by atoms with Gasteiger partial charge in [-0.1, -0.05) is 29.0 Å². The van der Waals surface area contributed by atoms with Crippen LogP contribution in [0.5, 0.6) is 5.75 Å². The number of thiophene rings is 1. The van der Waals surface area contributed by atoms with Crippen LogP contribution in [0.2, 0.25) is 5.02 Å². The molecule has 0 radical (unpaired) electrons. The second kappa shape index (κ2) is 7.97. The summed E-state index contributed by atoms with van der Waals surface area (Å²) >= 11 is 8.73. The van der Waals surface area contributed by atoms with Gasteiger partial charge in [-0.2, -0.15) is 5.10 Å². The predicted molar refractivity (Wildman–Crippen MR) is 110 cm³/mol. The first-order valence-corrected chi connectivity index (χ1v) is 10.0. The molecule has 1 N–H and O–H groups in total. The molecular formula is C17H12ClN7OS2. The smallest absolute Gasteiger partial charge is 0.232 e. The normalized spacial score (nSPS) is 11.8. The summed E-state index contributed by atoms with van der Waals surface area (Å²) in [7, 11) is 1.80. The van der Waals surface area contributed by atoms with Gasteiger partial charge in [0.2, 0.25) is 5.13 Å². The van der Waals surface area contributed by atoms with Gasteiger partial charge < -0.3 is 5.11 Å². The van der Waals surface area contributed by atoms with Gasteiger partial charge in [0, 0.05) is 13.1 Å². The number of aromatic nitrogens is 3. The van der Waals surface area contributed by atoms with E-state index >= 15 is 0 Å². The average Bonchev–Trinajstić information content (AvgIpc) is 3.42. The highest BCUT2D eigenvalue weighted by molar-refractivity contribution is 7.20. The molecule has 4 rings (SSSR count). The lowest BCUT2D eigenvalue weighted by Crippen LogP contribution is -1.86. The van der Waals surface area contributed by atoms with Gasteiger partial charge in [-0.3, -0.25) is 0 Å². The van der Waals surface area contributed by atoms with Crippen molar-refractivity contribution in [2.45, 2.75) is 0 Å². The number of benzene rings is 1. The van der Waals surface area contributed by atoms with E-state index in [1.807, 2.05) is 17.5 Å². The number of nitrogens with zero attached hydrogens (tertiary/aromatic N) is 7. The van der Waals surface area contributed by atoms with Crippen molar-refractivity contribution in [3.63, 3.8) is 0 Å². The molecule has 11 heteroatoms. The lowest BCUT2D eigenvalue weighted by molar-refractivity contribution is 0.475. The first kappa shape index (κ1) is 18.4. The molecule has 0 saturated heterocycles.